The van der Waals surface area contributed by atoms with Gasteiger partial charge >= 0.3 is 12.2 Å². The number of aliphatic hydroxyl groups is 1. The number of carbonyl (C=O) groups is 4. The zero-order chi connectivity index (χ0) is 43.4. The summed E-state index contributed by atoms with van der Waals surface area (Å²) in [6, 6.07) is 13.1. The monoisotopic (exact) mass is 836 g/mol. The number of rotatable bonds is 11. The number of aliphatic hydroxyl groups excluding tert-OH is 1. The molecule has 8 rings (SSSR count). The number of hydrogen-bond donors (Lipinski definition) is 5. The normalized spacial score (nSPS) is 18.6. The second-order valence-electron chi connectivity index (χ2n) is 15.7. The highest BCUT2D eigenvalue weighted by molar-refractivity contribution is 6.05. The highest BCUT2D eigenvalue weighted by Gasteiger charge is 2.39. The molecule has 2 aliphatic heterocycles. The molecule has 4 amide bonds. The Morgan fingerprint density at radius 1 is 0.820 bits per heavy atom. The van der Waals surface area contributed by atoms with Gasteiger partial charge in [0.25, 0.3) is 0 Å². The molecule has 61 heavy (non-hydrogen) atoms. The van der Waals surface area contributed by atoms with Gasteiger partial charge in [-0.1, -0.05) is 37.3 Å². The van der Waals surface area contributed by atoms with Gasteiger partial charge in [0, 0.05) is 38.3 Å². The number of hydrogen-bond acceptors (Lipinski definition) is 10. The number of aromatic amines is 2. The van der Waals surface area contributed by atoms with Gasteiger partial charge in [0.2, 0.25) is 11.8 Å². The van der Waals surface area contributed by atoms with Gasteiger partial charge in [0.15, 0.2) is 0 Å². The maximum Gasteiger partial charge on any atom is 0.407 e. The Hall–Kier alpha value is -6.00. The Balaban J connectivity index is 0.00000277. The quantitative estimate of drug-likeness (QED) is 0.104. The van der Waals surface area contributed by atoms with Gasteiger partial charge in [-0.15, -0.1) is 0 Å². The number of likely N-dealkylation sites (tertiary alicyclic amines) is 2. The summed E-state index contributed by atoms with van der Waals surface area (Å²) in [5, 5.41) is 14.4. The Morgan fingerprint density at radius 2 is 1.48 bits per heavy atom. The summed E-state index contributed by atoms with van der Waals surface area (Å²) in [5.74, 6) is 1.10. The minimum atomic E-state index is -0.894. The van der Waals surface area contributed by atoms with Crippen LogP contribution in [0.25, 0.3) is 44.2 Å². The molecular weight excluding hydrogens is 781 g/mol. The van der Waals surface area contributed by atoms with Crippen molar-refractivity contribution < 1.29 is 38.5 Å². The first-order valence-corrected chi connectivity index (χ1v) is 21.0. The lowest BCUT2D eigenvalue weighted by molar-refractivity contribution is -0.137. The molecule has 2 aromatic heterocycles. The minimum Gasteiger partial charge on any atom is -0.453 e. The second-order valence-corrected chi connectivity index (χ2v) is 15.7. The minimum absolute atomic E-state index is 0.133. The summed E-state index contributed by atoms with van der Waals surface area (Å²) in [7, 11) is 5.07. The molecule has 16 nitrogen and oxygen atoms in total. The number of ether oxygens (including phenoxy) is 3. The van der Waals surface area contributed by atoms with E-state index in [1.807, 2.05) is 18.0 Å². The van der Waals surface area contributed by atoms with E-state index in [0.717, 1.165) is 102 Å². The molecule has 2 saturated heterocycles. The van der Waals surface area contributed by atoms with Crippen molar-refractivity contribution in [1.29, 1.82) is 0 Å². The lowest BCUT2D eigenvalue weighted by atomic mass is 9.91. The second kappa shape index (κ2) is 18.7. The van der Waals surface area contributed by atoms with Gasteiger partial charge in [-0.05, 0) is 98.1 Å². The van der Waals surface area contributed by atoms with Crippen LogP contribution in [0.5, 0.6) is 0 Å². The molecule has 5 aromatic rings. The first-order chi connectivity index (χ1) is 29.6. The number of amides is 4. The SMILES string of the molecule is CCC(NC(=O)OC)C(=O)N1CCCC1c1nc2c(ccc3cc(-c4ccc(-c5cnc(C6CCCN6C(=O)C(NC(=O)OC)C(C)OC)[nH]5)c5c4CCC5)ccc32)[nH]1.CO. The van der Waals surface area contributed by atoms with Crippen molar-refractivity contribution in [3.63, 3.8) is 0 Å². The number of aromatic nitrogens is 4. The van der Waals surface area contributed by atoms with Gasteiger partial charge in [0.1, 0.15) is 23.7 Å². The van der Waals surface area contributed by atoms with Crippen molar-refractivity contribution in [3.05, 3.63) is 71.4 Å². The predicted molar refractivity (Wildman–Crippen MR) is 230 cm³/mol. The van der Waals surface area contributed by atoms with Crippen LogP contribution in [0.3, 0.4) is 0 Å². The van der Waals surface area contributed by atoms with Crippen LogP contribution in [0, 0.1) is 0 Å². The van der Waals surface area contributed by atoms with Gasteiger partial charge in [0.05, 0.1) is 55.3 Å². The molecule has 0 spiro atoms. The number of H-pyrrole nitrogens is 2. The summed E-state index contributed by atoms with van der Waals surface area (Å²) < 4.78 is 15.0. The number of nitrogens with zero attached hydrogens (tertiary/aromatic N) is 4. The fourth-order valence-electron chi connectivity index (χ4n) is 9.27. The molecule has 5 unspecified atom stereocenters. The Labute approximate surface area is 354 Å². The van der Waals surface area contributed by atoms with Crippen LogP contribution in [0.15, 0.2) is 48.7 Å². The van der Waals surface area contributed by atoms with Crippen LogP contribution in [-0.2, 0) is 36.6 Å². The van der Waals surface area contributed by atoms with Crippen molar-refractivity contribution in [2.24, 2.45) is 0 Å². The van der Waals surface area contributed by atoms with Crippen molar-refractivity contribution in [1.82, 2.24) is 40.4 Å². The smallest absolute Gasteiger partial charge is 0.407 e. The van der Waals surface area contributed by atoms with Gasteiger partial charge < -0.3 is 49.7 Å². The van der Waals surface area contributed by atoms with Crippen LogP contribution in [-0.4, -0.2) is 119 Å². The zero-order valence-electron chi connectivity index (χ0n) is 35.7. The number of nitrogens with one attached hydrogen (secondary N) is 4. The maximum atomic E-state index is 13.8. The lowest BCUT2D eigenvalue weighted by Gasteiger charge is -2.30. The van der Waals surface area contributed by atoms with Gasteiger partial charge in [-0.2, -0.15) is 0 Å². The van der Waals surface area contributed by atoms with E-state index >= 15 is 0 Å². The molecule has 324 valence electrons. The molecule has 0 bridgehead atoms. The average molecular weight is 837 g/mol. The van der Waals surface area contributed by atoms with Crippen LogP contribution in [0.4, 0.5) is 9.59 Å². The molecule has 3 aliphatic rings. The number of benzene rings is 3. The zero-order valence-corrected chi connectivity index (χ0v) is 35.7. The van der Waals surface area contributed by atoms with E-state index in [0.29, 0.717) is 19.5 Å². The average Bonchev–Trinajstić information content (AvgIpc) is 4.15. The van der Waals surface area contributed by atoms with Gasteiger partial charge in [-0.25, -0.2) is 19.6 Å². The number of carbonyl (C=O) groups excluding carboxylic acids is 4. The first kappa shape index (κ1) is 43.1. The predicted octanol–water partition coefficient (Wildman–Crippen LogP) is 6.09. The first-order valence-electron chi connectivity index (χ1n) is 21.0. The van der Waals surface area contributed by atoms with E-state index in [2.05, 4.69) is 63.1 Å². The molecule has 16 heteroatoms. The molecule has 5 N–H and O–H groups in total. The molecule has 0 radical (unpaired) electrons. The number of alkyl carbamates (subject to hydrolysis) is 2. The van der Waals surface area contributed by atoms with E-state index in [1.165, 1.54) is 38.0 Å². The van der Waals surface area contributed by atoms with E-state index in [1.54, 1.807) is 11.8 Å². The van der Waals surface area contributed by atoms with Crippen LogP contribution < -0.4 is 10.6 Å². The Morgan fingerprint density at radius 3 is 2.16 bits per heavy atom. The molecule has 0 saturated carbocycles. The molecule has 4 heterocycles. The van der Waals surface area contributed by atoms with Crippen molar-refractivity contribution >= 4 is 45.8 Å². The third-order valence-electron chi connectivity index (χ3n) is 12.4. The standard InChI is InChI=1S/C44H52N8O7.CH4O/c1-6-32(48-43(55)58-4)41(53)51-20-9-13-36(51)40-46-33-19-15-26-22-25(14-16-28(26)38(33)49-40)27-17-18-31(30-11-7-10-29(27)30)34-23-45-39(47-34)35-12-8-21-52(35)42(54)37(24(2)57-3)50-44(56)59-5;1-2/h14-19,22-24,32,35-37H,6-13,20-21H2,1-5H3,(H,45,47)(H,46,49)(H,48,55)(H,50,56);2H,1H3. The van der Waals surface area contributed by atoms with Crippen LogP contribution in [0.1, 0.15) is 87.2 Å². The highest BCUT2D eigenvalue weighted by Crippen LogP contribution is 2.41. The largest absolute Gasteiger partial charge is 0.453 e. The van der Waals surface area contributed by atoms with Crippen LogP contribution >= 0.6 is 0 Å². The molecule has 3 aromatic carbocycles. The Bertz CT molecular complexity index is 2410. The summed E-state index contributed by atoms with van der Waals surface area (Å²) in [5.41, 5.74) is 8.80. The highest BCUT2D eigenvalue weighted by atomic mass is 16.5. The third-order valence-corrected chi connectivity index (χ3v) is 12.4. The maximum absolute atomic E-state index is 13.8. The molecular formula is C45H56N8O8. The molecule has 2 fully saturated rings. The molecule has 5 atom stereocenters. The van der Waals surface area contributed by atoms with E-state index in [4.69, 9.17) is 29.3 Å². The fraction of sp³-hybridized carbons (Fsp3) is 0.467. The van der Waals surface area contributed by atoms with E-state index in [9.17, 15) is 19.2 Å². The van der Waals surface area contributed by atoms with E-state index < -0.39 is 30.4 Å². The fourth-order valence-corrected chi connectivity index (χ4v) is 9.27. The number of imidazole rings is 2. The van der Waals surface area contributed by atoms with Gasteiger partial charge in [-0.3, -0.25) is 9.59 Å². The number of methoxy groups -OCH3 is 3. The van der Waals surface area contributed by atoms with Crippen molar-refractivity contribution in [3.8, 4) is 22.4 Å². The summed E-state index contributed by atoms with van der Waals surface area (Å²) in [6.45, 7) is 4.77. The topological polar surface area (TPSA) is 204 Å². The lowest BCUT2D eigenvalue weighted by Crippen LogP contribution is -2.54. The summed E-state index contributed by atoms with van der Waals surface area (Å²) in [6.07, 6.45) is 6.66. The Kier molecular flexibility index (Phi) is 13.2. The summed E-state index contributed by atoms with van der Waals surface area (Å²) in [4.78, 5) is 71.9. The third kappa shape index (κ3) is 8.38. The van der Waals surface area contributed by atoms with Crippen molar-refractivity contribution in [2.75, 3.05) is 41.5 Å². The van der Waals surface area contributed by atoms with Crippen LogP contribution in [0.2, 0.25) is 0 Å². The summed E-state index contributed by atoms with van der Waals surface area (Å²) >= 11 is 0. The van der Waals surface area contributed by atoms with E-state index in [-0.39, 0.29) is 23.9 Å². The molecule has 1 aliphatic carbocycles. The number of fused-ring (bicyclic) bond motifs is 4. The van der Waals surface area contributed by atoms with Crippen molar-refractivity contribution in [2.45, 2.75) is 95.5 Å².